The molecule has 0 aliphatic rings. The Labute approximate surface area is 121 Å². The summed E-state index contributed by atoms with van der Waals surface area (Å²) in [4.78, 5) is 0. The quantitative estimate of drug-likeness (QED) is 0.790. The maximum Gasteiger partial charge on any atom is 0.123 e. The maximum atomic E-state index is 5.37. The van der Waals surface area contributed by atoms with E-state index in [0.717, 1.165) is 18.7 Å². The first-order valence-electron chi connectivity index (χ1n) is 7.28. The number of para-hydroxylation sites is 1. The summed E-state index contributed by atoms with van der Waals surface area (Å²) in [6.45, 7) is 3.00. The molecule has 0 radical (unpaired) electrons. The van der Waals surface area contributed by atoms with E-state index in [1.54, 1.807) is 7.11 Å². The second-order valence-corrected chi connectivity index (χ2v) is 4.97. The van der Waals surface area contributed by atoms with Crippen LogP contribution in [0.25, 0.3) is 0 Å². The standard InChI is InChI=1S/C18H23NO/c1-3-4-8-15-9-7-11-17(13-15)19-14-16-10-5-6-12-18(16)20-2/h5-7,9-13,19H,3-4,8,14H2,1-2H3. The summed E-state index contributed by atoms with van der Waals surface area (Å²) in [5.41, 5.74) is 3.75. The van der Waals surface area contributed by atoms with Crippen LogP contribution in [0.15, 0.2) is 48.5 Å². The third-order valence-electron chi connectivity index (χ3n) is 3.42. The summed E-state index contributed by atoms with van der Waals surface area (Å²) in [5, 5.41) is 3.47. The maximum absolute atomic E-state index is 5.37. The number of ether oxygens (including phenoxy) is 1. The Hall–Kier alpha value is -1.96. The van der Waals surface area contributed by atoms with E-state index in [1.165, 1.54) is 29.7 Å². The van der Waals surface area contributed by atoms with Gasteiger partial charge in [0.25, 0.3) is 0 Å². The van der Waals surface area contributed by atoms with Gasteiger partial charge in [0.1, 0.15) is 5.75 Å². The molecule has 0 aliphatic carbocycles. The molecule has 0 amide bonds. The van der Waals surface area contributed by atoms with Crippen LogP contribution in [0.2, 0.25) is 0 Å². The lowest BCUT2D eigenvalue weighted by Gasteiger charge is -2.11. The summed E-state index contributed by atoms with van der Waals surface area (Å²) < 4.78 is 5.37. The second-order valence-electron chi connectivity index (χ2n) is 4.97. The lowest BCUT2D eigenvalue weighted by molar-refractivity contribution is 0.410. The Morgan fingerprint density at radius 3 is 2.70 bits per heavy atom. The minimum atomic E-state index is 0.779. The van der Waals surface area contributed by atoms with Crippen LogP contribution in [0, 0.1) is 0 Å². The summed E-state index contributed by atoms with van der Waals surface area (Å²) in [6, 6.07) is 16.8. The number of aryl methyl sites for hydroxylation is 1. The number of hydrogen-bond donors (Lipinski definition) is 1. The van der Waals surface area contributed by atoms with Crippen molar-refractivity contribution in [2.45, 2.75) is 32.7 Å². The average Bonchev–Trinajstić information content (AvgIpc) is 2.51. The molecule has 2 aromatic carbocycles. The normalized spacial score (nSPS) is 10.3. The van der Waals surface area contributed by atoms with E-state index >= 15 is 0 Å². The van der Waals surface area contributed by atoms with Crippen LogP contribution in [-0.2, 0) is 13.0 Å². The average molecular weight is 269 g/mol. The molecule has 106 valence electrons. The highest BCUT2D eigenvalue weighted by Crippen LogP contribution is 2.19. The van der Waals surface area contributed by atoms with Crippen molar-refractivity contribution in [1.82, 2.24) is 0 Å². The minimum absolute atomic E-state index is 0.779. The zero-order chi connectivity index (χ0) is 14.2. The van der Waals surface area contributed by atoms with Gasteiger partial charge in [-0.1, -0.05) is 43.7 Å². The molecule has 2 nitrogen and oxygen atoms in total. The van der Waals surface area contributed by atoms with Crippen molar-refractivity contribution in [3.05, 3.63) is 59.7 Å². The van der Waals surface area contributed by atoms with Crippen LogP contribution < -0.4 is 10.1 Å². The highest BCUT2D eigenvalue weighted by Gasteiger charge is 2.01. The van der Waals surface area contributed by atoms with Crippen molar-refractivity contribution in [2.24, 2.45) is 0 Å². The van der Waals surface area contributed by atoms with E-state index < -0.39 is 0 Å². The van der Waals surface area contributed by atoms with Crippen LogP contribution in [0.1, 0.15) is 30.9 Å². The van der Waals surface area contributed by atoms with Gasteiger partial charge < -0.3 is 10.1 Å². The van der Waals surface area contributed by atoms with E-state index in [1.807, 2.05) is 18.2 Å². The van der Waals surface area contributed by atoms with Gasteiger partial charge in [-0.3, -0.25) is 0 Å². The summed E-state index contributed by atoms with van der Waals surface area (Å²) in [7, 11) is 1.71. The molecular formula is C18H23NO. The second kappa shape index (κ2) is 7.59. The van der Waals surface area contributed by atoms with E-state index in [-0.39, 0.29) is 0 Å². The molecule has 0 heterocycles. The Morgan fingerprint density at radius 1 is 1.05 bits per heavy atom. The van der Waals surface area contributed by atoms with Gasteiger partial charge in [-0.2, -0.15) is 0 Å². The number of rotatable bonds is 7. The molecule has 0 spiro atoms. The van der Waals surface area contributed by atoms with Crippen LogP contribution in [0.3, 0.4) is 0 Å². The monoisotopic (exact) mass is 269 g/mol. The molecule has 0 bridgehead atoms. The van der Waals surface area contributed by atoms with Gasteiger partial charge in [0.2, 0.25) is 0 Å². The molecule has 2 rings (SSSR count). The van der Waals surface area contributed by atoms with E-state index in [0.29, 0.717) is 0 Å². The number of methoxy groups -OCH3 is 1. The van der Waals surface area contributed by atoms with Crippen LogP contribution in [0.5, 0.6) is 5.75 Å². The third-order valence-corrected chi connectivity index (χ3v) is 3.42. The first kappa shape index (κ1) is 14.4. The summed E-state index contributed by atoms with van der Waals surface area (Å²) in [6.07, 6.45) is 3.63. The molecule has 1 N–H and O–H groups in total. The number of nitrogens with one attached hydrogen (secondary N) is 1. The SMILES string of the molecule is CCCCc1cccc(NCc2ccccc2OC)c1. The predicted molar refractivity (Wildman–Crippen MR) is 85.4 cm³/mol. The van der Waals surface area contributed by atoms with Gasteiger partial charge in [-0.25, -0.2) is 0 Å². The minimum Gasteiger partial charge on any atom is -0.496 e. The largest absolute Gasteiger partial charge is 0.496 e. The Bertz CT molecular complexity index is 536. The number of unbranched alkanes of at least 4 members (excludes halogenated alkanes) is 1. The van der Waals surface area contributed by atoms with Gasteiger partial charge in [-0.05, 0) is 36.6 Å². The Kier molecular flexibility index (Phi) is 5.48. The molecule has 0 saturated carbocycles. The fraction of sp³-hybridized carbons (Fsp3) is 0.333. The van der Waals surface area contributed by atoms with Crippen molar-refractivity contribution >= 4 is 5.69 Å². The van der Waals surface area contributed by atoms with E-state index in [9.17, 15) is 0 Å². The van der Waals surface area contributed by atoms with Gasteiger partial charge in [0, 0.05) is 17.8 Å². The predicted octanol–water partition coefficient (Wildman–Crippen LogP) is 4.65. The smallest absolute Gasteiger partial charge is 0.123 e. The zero-order valence-corrected chi connectivity index (χ0v) is 12.4. The van der Waals surface area contributed by atoms with E-state index in [4.69, 9.17) is 4.74 Å². The molecule has 0 unspecified atom stereocenters. The molecule has 0 saturated heterocycles. The molecule has 0 fully saturated rings. The lowest BCUT2D eigenvalue weighted by atomic mass is 10.1. The van der Waals surface area contributed by atoms with Gasteiger partial charge >= 0.3 is 0 Å². The summed E-state index contributed by atoms with van der Waals surface area (Å²) in [5.74, 6) is 0.933. The molecule has 2 heteroatoms. The molecular weight excluding hydrogens is 246 g/mol. The van der Waals surface area contributed by atoms with Crippen molar-refractivity contribution < 1.29 is 4.74 Å². The molecule has 0 atom stereocenters. The first-order valence-corrected chi connectivity index (χ1v) is 7.28. The van der Waals surface area contributed by atoms with Crippen molar-refractivity contribution in [3.8, 4) is 5.75 Å². The van der Waals surface area contributed by atoms with Gasteiger partial charge in [-0.15, -0.1) is 0 Å². The first-order chi connectivity index (χ1) is 9.83. The highest BCUT2D eigenvalue weighted by atomic mass is 16.5. The van der Waals surface area contributed by atoms with Crippen molar-refractivity contribution in [1.29, 1.82) is 0 Å². The molecule has 0 aliphatic heterocycles. The van der Waals surface area contributed by atoms with Crippen LogP contribution in [-0.4, -0.2) is 7.11 Å². The topological polar surface area (TPSA) is 21.3 Å². The van der Waals surface area contributed by atoms with Crippen LogP contribution in [0.4, 0.5) is 5.69 Å². The fourth-order valence-corrected chi connectivity index (χ4v) is 2.26. The van der Waals surface area contributed by atoms with Crippen LogP contribution >= 0.6 is 0 Å². The Balaban J connectivity index is 1.99. The number of anilines is 1. The number of benzene rings is 2. The van der Waals surface area contributed by atoms with E-state index in [2.05, 4.69) is 42.6 Å². The molecule has 0 aromatic heterocycles. The molecule has 20 heavy (non-hydrogen) atoms. The Morgan fingerprint density at radius 2 is 1.90 bits per heavy atom. The number of hydrogen-bond acceptors (Lipinski definition) is 2. The lowest BCUT2D eigenvalue weighted by Crippen LogP contribution is -2.02. The third kappa shape index (κ3) is 4.02. The summed E-state index contributed by atoms with van der Waals surface area (Å²) >= 11 is 0. The molecule has 2 aromatic rings. The highest BCUT2D eigenvalue weighted by molar-refractivity contribution is 5.47. The van der Waals surface area contributed by atoms with Crippen molar-refractivity contribution in [2.75, 3.05) is 12.4 Å². The zero-order valence-electron chi connectivity index (χ0n) is 12.4. The van der Waals surface area contributed by atoms with Crippen molar-refractivity contribution in [3.63, 3.8) is 0 Å². The van der Waals surface area contributed by atoms with Gasteiger partial charge in [0.05, 0.1) is 7.11 Å². The fourth-order valence-electron chi connectivity index (χ4n) is 2.26. The van der Waals surface area contributed by atoms with Gasteiger partial charge in [0.15, 0.2) is 0 Å².